The third-order valence-corrected chi connectivity index (χ3v) is 5.36. The second-order valence-corrected chi connectivity index (χ2v) is 8.31. The molecule has 0 saturated carbocycles. The van der Waals surface area contributed by atoms with Gasteiger partial charge in [0.25, 0.3) is 5.91 Å². The Kier molecular flexibility index (Phi) is 9.15. The van der Waals surface area contributed by atoms with Crippen molar-refractivity contribution < 1.29 is 19.0 Å². The van der Waals surface area contributed by atoms with Crippen molar-refractivity contribution >= 4 is 39.7 Å². The van der Waals surface area contributed by atoms with Gasteiger partial charge in [0.15, 0.2) is 11.5 Å². The second-order valence-electron chi connectivity index (χ2n) is 7.02. The van der Waals surface area contributed by atoms with E-state index in [0.717, 1.165) is 22.0 Å². The first kappa shape index (κ1) is 24.6. The van der Waals surface area contributed by atoms with Gasteiger partial charge in [0.05, 0.1) is 24.4 Å². The third kappa shape index (κ3) is 7.23. The molecule has 0 spiro atoms. The number of hydrazone groups is 1. The van der Waals surface area contributed by atoms with E-state index in [1.807, 2.05) is 49.4 Å². The van der Waals surface area contributed by atoms with Gasteiger partial charge in [0.1, 0.15) is 12.4 Å². The molecule has 0 aliphatic heterocycles. The molecule has 8 heteroatoms. The predicted octanol–water partition coefficient (Wildman–Crippen LogP) is 6.24. The molecule has 0 unspecified atom stereocenters. The first-order valence-corrected chi connectivity index (χ1v) is 11.5. The van der Waals surface area contributed by atoms with Crippen LogP contribution in [0.25, 0.3) is 0 Å². The predicted molar refractivity (Wildman–Crippen MR) is 134 cm³/mol. The lowest BCUT2D eigenvalue weighted by molar-refractivity contribution is 0.0954. The van der Waals surface area contributed by atoms with Crippen molar-refractivity contribution in [1.29, 1.82) is 0 Å². The fourth-order valence-electron chi connectivity index (χ4n) is 2.87. The summed E-state index contributed by atoms with van der Waals surface area (Å²) in [5.41, 5.74) is 4.70. The van der Waals surface area contributed by atoms with E-state index in [1.165, 1.54) is 7.11 Å². The number of nitrogens with zero attached hydrogens (tertiary/aromatic N) is 1. The Morgan fingerprint density at radius 1 is 1.06 bits per heavy atom. The highest BCUT2D eigenvalue weighted by Crippen LogP contribution is 2.28. The molecule has 0 atom stereocenters. The number of rotatable bonds is 10. The molecule has 0 fully saturated rings. The monoisotopic (exact) mass is 530 g/mol. The second kappa shape index (κ2) is 12.3. The molecule has 0 saturated heterocycles. The van der Waals surface area contributed by atoms with Crippen molar-refractivity contribution in [3.63, 3.8) is 0 Å². The van der Waals surface area contributed by atoms with Gasteiger partial charge in [-0.25, -0.2) is 5.43 Å². The van der Waals surface area contributed by atoms with Crippen LogP contribution in [0.2, 0.25) is 5.02 Å². The number of carbonyl (C=O) groups excluding carboxylic acids is 1. The van der Waals surface area contributed by atoms with Gasteiger partial charge in [0, 0.05) is 10.6 Å². The van der Waals surface area contributed by atoms with Gasteiger partial charge in [-0.05, 0) is 82.0 Å². The third-order valence-electron chi connectivity index (χ3n) is 4.51. The molecule has 33 heavy (non-hydrogen) atoms. The van der Waals surface area contributed by atoms with Crippen LogP contribution < -0.4 is 19.6 Å². The molecule has 0 aliphatic carbocycles. The van der Waals surface area contributed by atoms with Crippen LogP contribution in [0.3, 0.4) is 0 Å². The van der Waals surface area contributed by atoms with Crippen LogP contribution in [-0.2, 0) is 6.61 Å². The van der Waals surface area contributed by atoms with Gasteiger partial charge in [0.2, 0.25) is 0 Å². The van der Waals surface area contributed by atoms with E-state index in [9.17, 15) is 4.79 Å². The summed E-state index contributed by atoms with van der Waals surface area (Å²) in [5.74, 6) is 1.43. The molecule has 0 aromatic heterocycles. The van der Waals surface area contributed by atoms with E-state index in [1.54, 1.807) is 24.4 Å². The van der Waals surface area contributed by atoms with Gasteiger partial charge in [-0.15, -0.1) is 0 Å². The van der Waals surface area contributed by atoms with Gasteiger partial charge in [-0.3, -0.25) is 4.79 Å². The first-order valence-electron chi connectivity index (χ1n) is 10.3. The molecule has 3 aromatic rings. The minimum Gasteiger partial charge on any atom is -0.493 e. The van der Waals surface area contributed by atoms with Crippen molar-refractivity contribution in [3.05, 3.63) is 86.8 Å². The normalized spacial score (nSPS) is 10.8. The fraction of sp³-hybridized carbons (Fsp3) is 0.200. The number of carbonyl (C=O) groups is 1. The van der Waals surface area contributed by atoms with Gasteiger partial charge in [-0.2, -0.15) is 5.10 Å². The van der Waals surface area contributed by atoms with Crippen LogP contribution in [0.1, 0.15) is 34.8 Å². The summed E-state index contributed by atoms with van der Waals surface area (Å²) in [6.07, 6.45) is 2.44. The fourth-order valence-corrected chi connectivity index (χ4v) is 3.60. The summed E-state index contributed by atoms with van der Waals surface area (Å²) in [6.45, 7) is 2.99. The smallest absolute Gasteiger partial charge is 0.271 e. The quantitative estimate of drug-likeness (QED) is 0.248. The van der Waals surface area contributed by atoms with Gasteiger partial charge in [-0.1, -0.05) is 30.7 Å². The number of nitrogens with one attached hydrogen (secondary N) is 1. The summed E-state index contributed by atoms with van der Waals surface area (Å²) in [7, 11) is 1.54. The van der Waals surface area contributed by atoms with Gasteiger partial charge < -0.3 is 14.2 Å². The number of benzene rings is 3. The summed E-state index contributed by atoms with van der Waals surface area (Å²) >= 11 is 9.51. The Bertz CT molecular complexity index is 1140. The molecule has 0 bridgehead atoms. The highest BCUT2D eigenvalue weighted by Gasteiger charge is 2.11. The zero-order valence-electron chi connectivity index (χ0n) is 18.3. The maximum Gasteiger partial charge on any atom is 0.271 e. The zero-order valence-corrected chi connectivity index (χ0v) is 20.7. The average molecular weight is 532 g/mol. The molecular weight excluding hydrogens is 508 g/mol. The highest BCUT2D eigenvalue weighted by atomic mass is 79.9. The van der Waals surface area contributed by atoms with E-state index in [-0.39, 0.29) is 5.91 Å². The summed E-state index contributed by atoms with van der Waals surface area (Å²) in [5, 5.41) is 4.72. The van der Waals surface area contributed by atoms with Crippen molar-refractivity contribution in [2.75, 3.05) is 13.7 Å². The molecular formula is C25H24BrClN2O4. The largest absolute Gasteiger partial charge is 0.493 e. The molecule has 6 nitrogen and oxygen atoms in total. The molecule has 172 valence electrons. The molecule has 0 heterocycles. The summed E-state index contributed by atoms with van der Waals surface area (Å²) in [4.78, 5) is 12.4. The Morgan fingerprint density at radius 3 is 2.61 bits per heavy atom. The van der Waals surface area contributed by atoms with Crippen molar-refractivity contribution in [2.45, 2.75) is 20.0 Å². The van der Waals surface area contributed by atoms with Crippen LogP contribution >= 0.6 is 27.5 Å². The Labute approximate surface area is 206 Å². The van der Waals surface area contributed by atoms with Crippen LogP contribution in [-0.4, -0.2) is 25.8 Å². The molecule has 3 rings (SSSR count). The minimum absolute atomic E-state index is 0.355. The number of methoxy groups -OCH3 is 1. The van der Waals surface area contributed by atoms with Crippen LogP contribution in [0.4, 0.5) is 0 Å². The topological polar surface area (TPSA) is 69.2 Å². The Hall–Kier alpha value is -3.03. The average Bonchev–Trinajstić information content (AvgIpc) is 2.82. The highest BCUT2D eigenvalue weighted by molar-refractivity contribution is 9.10. The maximum absolute atomic E-state index is 12.4. The Morgan fingerprint density at radius 2 is 1.88 bits per heavy atom. The Balaban J connectivity index is 1.58. The van der Waals surface area contributed by atoms with Crippen molar-refractivity contribution in [3.8, 4) is 17.2 Å². The standard InChI is InChI=1S/C25H24BrClN2O4/c1-3-11-32-23-10-8-19(14-24(23)31-2)25(30)29-28-15-17-7-9-22(21(26)13-17)33-16-18-5-4-6-20(27)12-18/h4-10,12-15H,3,11,16H2,1-2H3,(H,29,30)/b28-15+. The van der Waals surface area contributed by atoms with Crippen LogP contribution in [0.5, 0.6) is 17.2 Å². The molecule has 0 aliphatic rings. The molecule has 1 amide bonds. The van der Waals surface area contributed by atoms with Crippen molar-refractivity contribution in [1.82, 2.24) is 5.43 Å². The van der Waals surface area contributed by atoms with Crippen molar-refractivity contribution in [2.24, 2.45) is 5.10 Å². The summed E-state index contributed by atoms with van der Waals surface area (Å²) in [6, 6.07) is 18.0. The van der Waals surface area contributed by atoms with Crippen LogP contribution in [0.15, 0.2) is 70.2 Å². The molecule has 0 radical (unpaired) electrons. The number of halogens is 2. The van der Waals surface area contributed by atoms with Gasteiger partial charge >= 0.3 is 0 Å². The molecule has 3 aromatic carbocycles. The maximum atomic E-state index is 12.4. The number of hydrogen-bond acceptors (Lipinski definition) is 5. The van der Waals surface area contributed by atoms with E-state index in [2.05, 4.69) is 26.5 Å². The minimum atomic E-state index is -0.355. The van der Waals surface area contributed by atoms with E-state index >= 15 is 0 Å². The van der Waals surface area contributed by atoms with E-state index < -0.39 is 0 Å². The molecule has 1 N–H and O–H groups in total. The number of ether oxygens (including phenoxy) is 3. The number of hydrogen-bond donors (Lipinski definition) is 1. The van der Waals surface area contributed by atoms with E-state index in [4.69, 9.17) is 25.8 Å². The number of amides is 1. The van der Waals surface area contributed by atoms with Crippen LogP contribution in [0, 0.1) is 0 Å². The SMILES string of the molecule is CCCOc1ccc(C(=O)N/N=C/c2ccc(OCc3cccc(Cl)c3)c(Br)c2)cc1OC. The zero-order chi connectivity index (χ0) is 23.6. The first-order chi connectivity index (χ1) is 16.0. The lowest BCUT2D eigenvalue weighted by atomic mass is 10.2. The van der Waals surface area contributed by atoms with E-state index in [0.29, 0.717) is 41.0 Å². The lowest BCUT2D eigenvalue weighted by Gasteiger charge is -2.11. The summed E-state index contributed by atoms with van der Waals surface area (Å²) < 4.78 is 17.5. The lowest BCUT2D eigenvalue weighted by Crippen LogP contribution is -2.17.